The first kappa shape index (κ1) is 27.8. The summed E-state index contributed by atoms with van der Waals surface area (Å²) in [4.78, 5) is 28.0. The molecule has 0 aliphatic carbocycles. The fourth-order valence-corrected chi connectivity index (χ4v) is 6.18. The normalized spacial score (nSPS) is 16.4. The highest BCUT2D eigenvalue weighted by Gasteiger charge is 2.48. The number of ketones is 1. The number of benzene rings is 3. The third kappa shape index (κ3) is 5.86. The molecule has 0 bridgehead atoms. The van der Waals surface area contributed by atoms with Gasteiger partial charge in [-0.2, -0.15) is 0 Å². The van der Waals surface area contributed by atoms with Gasteiger partial charge in [-0.3, -0.25) is 14.5 Å². The number of hydrogen-bond acceptors (Lipinski definition) is 8. The van der Waals surface area contributed by atoms with Crippen LogP contribution in [0, 0.1) is 5.82 Å². The average molecular weight is 639 g/mol. The number of aliphatic hydroxyl groups excluding tert-OH is 1. The van der Waals surface area contributed by atoms with Crippen molar-refractivity contribution in [1.29, 1.82) is 0 Å². The summed E-state index contributed by atoms with van der Waals surface area (Å²) in [6.07, 6.45) is 1.63. The topological polar surface area (TPSA) is 92.6 Å². The summed E-state index contributed by atoms with van der Waals surface area (Å²) in [6.45, 7) is 3.97. The third-order valence-electron chi connectivity index (χ3n) is 6.00. The van der Waals surface area contributed by atoms with E-state index in [0.29, 0.717) is 33.6 Å². The van der Waals surface area contributed by atoms with Crippen molar-refractivity contribution in [2.24, 2.45) is 0 Å². The summed E-state index contributed by atoms with van der Waals surface area (Å²) >= 11 is 5.91. The lowest BCUT2D eigenvalue weighted by Gasteiger charge is -2.22. The second kappa shape index (κ2) is 12.2. The molecule has 3 aromatic carbocycles. The van der Waals surface area contributed by atoms with Crippen LogP contribution in [0.25, 0.3) is 5.76 Å². The number of hydrogen-bond donors (Lipinski definition) is 1. The number of aliphatic hydroxyl groups is 1. The van der Waals surface area contributed by atoms with Gasteiger partial charge >= 0.3 is 5.91 Å². The van der Waals surface area contributed by atoms with Crippen molar-refractivity contribution in [2.45, 2.75) is 16.1 Å². The standard InChI is InChI=1S/C29H21BrFN3O4S2/c1-2-15-38-22-13-7-18(8-14-22)24-23(25(35)19-5-9-20(30)10-6-19)26(36)27(37)34(24)28-32-33-29(40-28)39-16-17-3-11-21(31)12-4-17/h2-14,24,35H,1,15-16H2/b25-23-. The van der Waals surface area contributed by atoms with E-state index in [4.69, 9.17) is 4.74 Å². The SMILES string of the molecule is C=CCOc1ccc(C2/C(=C(/O)c3ccc(Br)cc3)C(=O)C(=O)N2c2nnc(SCc3ccc(F)cc3)s2)cc1. The van der Waals surface area contributed by atoms with E-state index < -0.39 is 17.7 Å². The van der Waals surface area contributed by atoms with Gasteiger partial charge in [0.15, 0.2) is 4.34 Å². The lowest BCUT2D eigenvalue weighted by Crippen LogP contribution is -2.29. The Labute approximate surface area is 246 Å². The molecule has 1 aromatic heterocycles. The van der Waals surface area contributed by atoms with Gasteiger partial charge in [0.05, 0.1) is 11.6 Å². The van der Waals surface area contributed by atoms with Crippen LogP contribution in [0.2, 0.25) is 0 Å². The lowest BCUT2D eigenvalue weighted by molar-refractivity contribution is -0.132. The first-order valence-electron chi connectivity index (χ1n) is 12.0. The Bertz CT molecular complexity index is 1590. The Kier molecular flexibility index (Phi) is 8.43. The van der Waals surface area contributed by atoms with Crippen LogP contribution < -0.4 is 9.64 Å². The quantitative estimate of drug-likeness (QED) is 0.0531. The zero-order valence-corrected chi connectivity index (χ0v) is 24.0. The van der Waals surface area contributed by atoms with Gasteiger partial charge in [-0.1, -0.05) is 88.1 Å². The second-order valence-electron chi connectivity index (χ2n) is 8.61. The Morgan fingerprint density at radius 3 is 2.45 bits per heavy atom. The Balaban J connectivity index is 1.52. The average Bonchev–Trinajstić information content (AvgIpc) is 3.54. The van der Waals surface area contributed by atoms with Crippen LogP contribution in [0.3, 0.4) is 0 Å². The van der Waals surface area contributed by atoms with Crippen molar-refractivity contribution in [3.05, 3.63) is 118 Å². The molecule has 1 aliphatic rings. The number of thioether (sulfide) groups is 1. The molecule has 1 saturated heterocycles. The molecule has 1 fully saturated rings. The fourth-order valence-electron chi connectivity index (χ4n) is 4.09. The van der Waals surface area contributed by atoms with Crippen molar-refractivity contribution in [1.82, 2.24) is 10.2 Å². The molecule has 202 valence electrons. The lowest BCUT2D eigenvalue weighted by atomic mass is 9.95. The molecule has 11 heteroatoms. The zero-order chi connectivity index (χ0) is 28.2. The van der Waals surface area contributed by atoms with Crippen LogP contribution in [-0.2, 0) is 15.3 Å². The molecule has 40 heavy (non-hydrogen) atoms. The maximum absolute atomic E-state index is 13.4. The third-order valence-corrected chi connectivity index (χ3v) is 8.66. The van der Waals surface area contributed by atoms with Gasteiger partial charge < -0.3 is 9.84 Å². The molecule has 4 aromatic rings. The van der Waals surface area contributed by atoms with Crippen molar-refractivity contribution >= 4 is 61.6 Å². The molecular weight excluding hydrogens is 617 g/mol. The molecule has 0 spiro atoms. The maximum Gasteiger partial charge on any atom is 0.301 e. The summed E-state index contributed by atoms with van der Waals surface area (Å²) in [5.74, 6) is -1.14. The molecule has 1 atom stereocenters. The molecule has 0 radical (unpaired) electrons. The summed E-state index contributed by atoms with van der Waals surface area (Å²) in [5.41, 5.74) is 1.82. The van der Waals surface area contributed by atoms with Crippen molar-refractivity contribution in [3.8, 4) is 5.75 Å². The number of rotatable bonds is 9. The Hall–Kier alpha value is -3.80. The van der Waals surface area contributed by atoms with E-state index in [0.717, 1.165) is 21.4 Å². The van der Waals surface area contributed by atoms with Gasteiger partial charge in [0.2, 0.25) is 5.13 Å². The highest BCUT2D eigenvalue weighted by atomic mass is 79.9. The van der Waals surface area contributed by atoms with Crippen LogP contribution in [0.4, 0.5) is 9.52 Å². The summed E-state index contributed by atoms with van der Waals surface area (Å²) in [6, 6.07) is 18.9. The number of Topliss-reactive ketones (excluding diaryl/α,β-unsaturated/α-hetero) is 1. The molecule has 5 rings (SSSR count). The van der Waals surface area contributed by atoms with Crippen molar-refractivity contribution < 1.29 is 23.8 Å². The first-order chi connectivity index (χ1) is 19.4. The minimum atomic E-state index is -0.944. The number of carbonyl (C=O) groups excluding carboxylic acids is 2. The summed E-state index contributed by atoms with van der Waals surface area (Å²) in [7, 11) is 0. The summed E-state index contributed by atoms with van der Waals surface area (Å²) in [5, 5.41) is 19.9. The summed E-state index contributed by atoms with van der Waals surface area (Å²) < 4.78 is 20.2. The second-order valence-corrected chi connectivity index (χ2v) is 11.7. The van der Waals surface area contributed by atoms with E-state index >= 15 is 0 Å². The minimum Gasteiger partial charge on any atom is -0.507 e. The van der Waals surface area contributed by atoms with Crippen LogP contribution in [0.5, 0.6) is 5.75 Å². The molecule has 1 amide bonds. The highest BCUT2D eigenvalue weighted by molar-refractivity contribution is 9.10. The predicted octanol–water partition coefficient (Wildman–Crippen LogP) is 6.92. The fraction of sp³-hybridized carbons (Fsp3) is 0.103. The molecule has 2 heterocycles. The monoisotopic (exact) mass is 637 g/mol. The minimum absolute atomic E-state index is 0.0530. The largest absolute Gasteiger partial charge is 0.507 e. The number of aromatic nitrogens is 2. The van der Waals surface area contributed by atoms with Crippen LogP contribution in [0.15, 0.2) is 99.8 Å². The predicted molar refractivity (Wildman–Crippen MR) is 157 cm³/mol. The number of anilines is 1. The molecule has 7 nitrogen and oxygen atoms in total. The van der Waals surface area contributed by atoms with Crippen LogP contribution >= 0.6 is 39.0 Å². The number of ether oxygens (including phenoxy) is 1. The number of amides is 1. The van der Waals surface area contributed by atoms with Gasteiger partial charge in [0.25, 0.3) is 5.78 Å². The number of carbonyl (C=O) groups is 2. The van der Waals surface area contributed by atoms with Gasteiger partial charge in [0.1, 0.15) is 23.9 Å². The molecule has 1 N–H and O–H groups in total. The zero-order valence-electron chi connectivity index (χ0n) is 20.8. The smallest absolute Gasteiger partial charge is 0.301 e. The number of nitrogens with zero attached hydrogens (tertiary/aromatic N) is 3. The van der Waals surface area contributed by atoms with Gasteiger partial charge in [-0.25, -0.2) is 4.39 Å². The van der Waals surface area contributed by atoms with E-state index in [1.165, 1.54) is 28.8 Å². The molecular formula is C29H21BrFN3O4S2. The maximum atomic E-state index is 13.4. The van der Waals surface area contributed by atoms with E-state index in [2.05, 4.69) is 32.7 Å². The van der Waals surface area contributed by atoms with Crippen molar-refractivity contribution in [2.75, 3.05) is 11.5 Å². The molecule has 1 unspecified atom stereocenters. The van der Waals surface area contributed by atoms with Crippen LogP contribution in [0.1, 0.15) is 22.7 Å². The van der Waals surface area contributed by atoms with E-state index in [-0.39, 0.29) is 22.3 Å². The van der Waals surface area contributed by atoms with Gasteiger partial charge in [0, 0.05) is 15.8 Å². The Morgan fingerprint density at radius 2 is 1.77 bits per heavy atom. The highest BCUT2D eigenvalue weighted by Crippen LogP contribution is 2.44. The Morgan fingerprint density at radius 1 is 1.07 bits per heavy atom. The van der Waals surface area contributed by atoms with E-state index in [1.54, 1.807) is 66.7 Å². The van der Waals surface area contributed by atoms with Crippen LogP contribution in [-0.4, -0.2) is 33.6 Å². The first-order valence-corrected chi connectivity index (χ1v) is 14.6. The van der Waals surface area contributed by atoms with E-state index in [9.17, 15) is 19.1 Å². The van der Waals surface area contributed by atoms with Crippen molar-refractivity contribution in [3.63, 3.8) is 0 Å². The molecule has 1 aliphatic heterocycles. The molecule has 0 saturated carbocycles. The number of halogens is 2. The van der Waals surface area contributed by atoms with E-state index in [1.807, 2.05) is 0 Å². The van der Waals surface area contributed by atoms with Gasteiger partial charge in [-0.05, 0) is 47.5 Å². The van der Waals surface area contributed by atoms with Gasteiger partial charge in [-0.15, -0.1) is 10.2 Å².